The van der Waals surface area contributed by atoms with E-state index in [1.165, 1.54) is 0 Å². The van der Waals surface area contributed by atoms with Crippen molar-refractivity contribution in [3.05, 3.63) is 11.6 Å². The molecule has 2 unspecified atom stereocenters. The Labute approximate surface area is 188 Å². The van der Waals surface area contributed by atoms with E-state index >= 15 is 0 Å². The van der Waals surface area contributed by atoms with Crippen molar-refractivity contribution in [1.82, 2.24) is 0 Å². The molecule has 176 valence electrons. The van der Waals surface area contributed by atoms with Crippen LogP contribution in [-0.2, 0) is 23.9 Å². The van der Waals surface area contributed by atoms with Crippen LogP contribution in [0, 0.1) is 34.5 Å². The van der Waals surface area contributed by atoms with Gasteiger partial charge in [0.15, 0.2) is 17.7 Å². The summed E-state index contributed by atoms with van der Waals surface area (Å²) in [7, 11) is 0. The first-order valence-electron chi connectivity index (χ1n) is 12.1. The predicted molar refractivity (Wildman–Crippen MR) is 113 cm³/mol. The molecule has 10 atom stereocenters. The molecule has 4 fully saturated rings. The maximum Gasteiger partial charge on any atom is 0.339 e. The van der Waals surface area contributed by atoms with Gasteiger partial charge < -0.3 is 24.5 Å². The molecule has 2 N–H and O–H groups in total. The van der Waals surface area contributed by atoms with E-state index in [0.29, 0.717) is 25.7 Å². The van der Waals surface area contributed by atoms with Gasteiger partial charge in [0.25, 0.3) is 0 Å². The minimum absolute atomic E-state index is 0.0326. The van der Waals surface area contributed by atoms with E-state index in [1.54, 1.807) is 6.08 Å². The third-order valence-corrected chi connectivity index (χ3v) is 9.80. The van der Waals surface area contributed by atoms with Crippen LogP contribution in [-0.4, -0.2) is 52.4 Å². The van der Waals surface area contributed by atoms with Crippen molar-refractivity contribution in [1.29, 1.82) is 0 Å². The first-order valence-corrected chi connectivity index (χ1v) is 12.1. The molecule has 1 saturated heterocycles. The molecule has 32 heavy (non-hydrogen) atoms. The van der Waals surface area contributed by atoms with Crippen LogP contribution in [0.15, 0.2) is 11.6 Å². The largest absolute Gasteiger partial charge is 0.479 e. The Balaban J connectivity index is 1.54. The molecule has 0 radical (unpaired) electrons. The Morgan fingerprint density at radius 3 is 2.72 bits per heavy atom. The number of carboxylic acid groups (broad SMARTS) is 1. The number of hydrogen-bond acceptors (Lipinski definition) is 6. The lowest BCUT2D eigenvalue weighted by atomic mass is 9.45. The van der Waals surface area contributed by atoms with E-state index in [0.717, 1.165) is 31.1 Å². The van der Waals surface area contributed by atoms with Crippen molar-refractivity contribution in [2.45, 2.75) is 89.8 Å². The lowest BCUT2D eigenvalue weighted by Crippen LogP contribution is -2.63. The number of carbonyl (C=O) groups is 3. The number of ketones is 1. The van der Waals surface area contributed by atoms with Crippen molar-refractivity contribution >= 4 is 18.0 Å². The molecule has 5 rings (SSSR count). The maximum absolute atomic E-state index is 12.7. The summed E-state index contributed by atoms with van der Waals surface area (Å²) in [6.45, 7) is 6.07. The van der Waals surface area contributed by atoms with Crippen LogP contribution in [0.5, 0.6) is 0 Å². The van der Waals surface area contributed by atoms with E-state index in [-0.39, 0.29) is 23.5 Å². The van der Waals surface area contributed by atoms with Gasteiger partial charge >= 0.3 is 5.97 Å². The SMILES string of the molecule is CCCC1O[C@@H]2C[C@H]3[C@@H]4CCC5=CC(=O)C(C=O)C[C@]5(C)[C@H]4[C@@H](O)C[C@]3(C)[C@]2(C(=O)O)O1. The highest BCUT2D eigenvalue weighted by Crippen LogP contribution is 2.70. The third-order valence-electron chi connectivity index (χ3n) is 9.80. The van der Waals surface area contributed by atoms with Crippen molar-refractivity contribution < 1.29 is 34.1 Å². The monoisotopic (exact) mass is 446 g/mol. The second kappa shape index (κ2) is 7.21. The molecule has 5 aliphatic rings. The van der Waals surface area contributed by atoms with Gasteiger partial charge in [-0.05, 0) is 67.8 Å². The molecule has 4 aliphatic carbocycles. The molecule has 1 heterocycles. The number of hydrogen-bond donors (Lipinski definition) is 2. The Bertz CT molecular complexity index is 882. The molecule has 7 nitrogen and oxygen atoms in total. The predicted octanol–water partition coefficient (Wildman–Crippen LogP) is 2.89. The maximum atomic E-state index is 12.7. The topological polar surface area (TPSA) is 110 Å². The first-order chi connectivity index (χ1) is 15.1. The highest BCUT2D eigenvalue weighted by molar-refractivity contribution is 6.02. The number of carboxylic acids is 1. The summed E-state index contributed by atoms with van der Waals surface area (Å²) >= 11 is 0. The summed E-state index contributed by atoms with van der Waals surface area (Å²) in [5.74, 6) is -1.80. The van der Waals surface area contributed by atoms with Crippen LogP contribution >= 0.6 is 0 Å². The molecule has 0 amide bonds. The Morgan fingerprint density at radius 1 is 1.31 bits per heavy atom. The van der Waals surface area contributed by atoms with Crippen molar-refractivity contribution in [3.63, 3.8) is 0 Å². The molecule has 1 aliphatic heterocycles. The normalized spacial score (nSPS) is 51.8. The van der Waals surface area contributed by atoms with Gasteiger partial charge in [-0.15, -0.1) is 0 Å². The van der Waals surface area contributed by atoms with Gasteiger partial charge in [0.1, 0.15) is 12.4 Å². The molecule has 0 spiro atoms. The minimum Gasteiger partial charge on any atom is -0.479 e. The fourth-order valence-electron chi connectivity index (χ4n) is 8.48. The lowest BCUT2D eigenvalue weighted by Gasteiger charge is -2.60. The molecule has 0 aromatic rings. The lowest BCUT2D eigenvalue weighted by molar-refractivity contribution is -0.213. The number of carbonyl (C=O) groups excluding carboxylic acids is 2. The summed E-state index contributed by atoms with van der Waals surface area (Å²) in [6.07, 6.45) is 4.93. The Kier molecular flexibility index (Phi) is 5.01. The van der Waals surface area contributed by atoms with Gasteiger partial charge in [0.2, 0.25) is 0 Å². The van der Waals surface area contributed by atoms with E-state index in [1.807, 2.05) is 13.8 Å². The average Bonchev–Trinajstić information content (AvgIpc) is 3.20. The van der Waals surface area contributed by atoms with E-state index < -0.39 is 46.8 Å². The molecule has 0 bridgehead atoms. The minimum atomic E-state index is -1.45. The van der Waals surface area contributed by atoms with Crippen molar-refractivity contribution in [3.8, 4) is 0 Å². The second-order valence-corrected chi connectivity index (χ2v) is 11.2. The second-order valence-electron chi connectivity index (χ2n) is 11.2. The van der Waals surface area contributed by atoms with Crippen molar-refractivity contribution in [2.24, 2.45) is 34.5 Å². The summed E-state index contributed by atoms with van der Waals surface area (Å²) in [5.41, 5.74) is -1.61. The standard InChI is InChI=1S/C25H34O7/c1-4-5-20-31-19-9-16-15-7-6-14-8-17(27)13(12-26)10-23(14,2)21(15)18(28)11-24(16,3)25(19,32-20)22(29)30/h8,12-13,15-16,18-21,28H,4-7,9-11H2,1-3H3,(H,29,30)/t13?,15-,16-,18-,19+,20?,21+,23-,24-,25-/m0/s1. The van der Waals surface area contributed by atoms with Crippen LogP contribution < -0.4 is 0 Å². The summed E-state index contributed by atoms with van der Waals surface area (Å²) in [5, 5.41) is 21.9. The van der Waals surface area contributed by atoms with Crippen LogP contribution in [0.4, 0.5) is 0 Å². The fourth-order valence-corrected chi connectivity index (χ4v) is 8.48. The number of allylic oxidation sites excluding steroid dienone is 1. The van der Waals surface area contributed by atoms with Gasteiger partial charge in [0, 0.05) is 5.41 Å². The zero-order valence-electron chi connectivity index (χ0n) is 19.1. The van der Waals surface area contributed by atoms with Gasteiger partial charge in [0.05, 0.1) is 12.0 Å². The zero-order chi connectivity index (χ0) is 23.1. The van der Waals surface area contributed by atoms with Crippen LogP contribution in [0.3, 0.4) is 0 Å². The highest BCUT2D eigenvalue weighted by Gasteiger charge is 2.76. The third kappa shape index (κ3) is 2.62. The summed E-state index contributed by atoms with van der Waals surface area (Å²) < 4.78 is 12.4. The molecular formula is C25H34O7. The zero-order valence-corrected chi connectivity index (χ0v) is 19.1. The quantitative estimate of drug-likeness (QED) is 0.505. The average molecular weight is 447 g/mol. The summed E-state index contributed by atoms with van der Waals surface area (Å²) in [4.78, 5) is 36.7. The fraction of sp³-hybridized carbons (Fsp3) is 0.800. The molecular weight excluding hydrogens is 412 g/mol. The number of aliphatic carboxylic acids is 1. The highest BCUT2D eigenvalue weighted by atomic mass is 16.7. The van der Waals surface area contributed by atoms with E-state index in [2.05, 4.69) is 6.92 Å². The number of rotatable bonds is 4. The van der Waals surface area contributed by atoms with Gasteiger partial charge in [-0.2, -0.15) is 0 Å². The number of ether oxygens (including phenoxy) is 2. The smallest absolute Gasteiger partial charge is 0.339 e. The van der Waals surface area contributed by atoms with Crippen LogP contribution in [0.2, 0.25) is 0 Å². The summed E-state index contributed by atoms with van der Waals surface area (Å²) in [6, 6.07) is 0. The first kappa shape index (κ1) is 22.2. The van der Waals surface area contributed by atoms with E-state index in [9.17, 15) is 24.6 Å². The van der Waals surface area contributed by atoms with Crippen LogP contribution in [0.1, 0.15) is 65.7 Å². The van der Waals surface area contributed by atoms with Crippen molar-refractivity contribution in [2.75, 3.05) is 0 Å². The van der Waals surface area contributed by atoms with Gasteiger partial charge in [-0.25, -0.2) is 4.79 Å². The molecule has 3 saturated carbocycles. The number of fused-ring (bicyclic) bond motifs is 7. The van der Waals surface area contributed by atoms with Gasteiger partial charge in [-0.1, -0.05) is 32.8 Å². The molecule has 0 aromatic heterocycles. The number of aliphatic hydroxyl groups is 1. The van der Waals surface area contributed by atoms with Gasteiger partial charge in [-0.3, -0.25) is 4.79 Å². The Hall–Kier alpha value is -1.57. The number of aliphatic hydroxyl groups excluding tert-OH is 1. The van der Waals surface area contributed by atoms with Crippen LogP contribution in [0.25, 0.3) is 0 Å². The molecule has 7 heteroatoms. The van der Waals surface area contributed by atoms with E-state index in [4.69, 9.17) is 9.47 Å². The Morgan fingerprint density at radius 2 is 2.06 bits per heavy atom. The number of aldehydes is 1. The molecule has 0 aromatic carbocycles.